The van der Waals surface area contributed by atoms with Crippen LogP contribution in [0.15, 0.2) is 12.7 Å². The summed E-state index contributed by atoms with van der Waals surface area (Å²) in [4.78, 5) is 0. The molecular formula is C22H21F21O3. The van der Waals surface area contributed by atoms with Gasteiger partial charge in [-0.15, -0.1) is 6.58 Å². The molecule has 3 rings (SSSR count). The van der Waals surface area contributed by atoms with E-state index in [9.17, 15) is 92.2 Å². The van der Waals surface area contributed by atoms with Crippen molar-refractivity contribution in [3.8, 4) is 0 Å². The van der Waals surface area contributed by atoms with Crippen LogP contribution in [0.3, 0.4) is 0 Å². The zero-order valence-corrected chi connectivity index (χ0v) is 22.4. The first-order valence-corrected chi connectivity index (χ1v) is 12.1. The van der Waals surface area contributed by atoms with Crippen LogP contribution in [0.2, 0.25) is 0 Å². The van der Waals surface area contributed by atoms with Crippen molar-refractivity contribution in [2.24, 2.45) is 0 Å². The second kappa shape index (κ2) is 12.9. The molecule has 274 valence electrons. The van der Waals surface area contributed by atoms with E-state index in [0.29, 0.717) is 12.2 Å². The molecule has 0 spiro atoms. The van der Waals surface area contributed by atoms with Gasteiger partial charge >= 0.3 is 59.5 Å². The SMILES string of the molecule is C=CC[C@H]1CO1.CC[C@H]1CO1.FC(F)(F)C(F)(F)C(F)(F)C(F)(F)C(F)(F)C(F)(F)C(F)(F)C(F)(F)C(F)(F)C(F)(F)C[C@@H]1CO1. The number of hydrogen-bond donors (Lipinski definition) is 0. The van der Waals surface area contributed by atoms with Crippen molar-refractivity contribution in [1.29, 1.82) is 0 Å². The third-order valence-corrected chi connectivity index (χ3v) is 6.15. The summed E-state index contributed by atoms with van der Waals surface area (Å²) >= 11 is 0. The Kier molecular flexibility index (Phi) is 11.8. The molecule has 3 aliphatic rings. The molecule has 24 heteroatoms. The Hall–Kier alpha value is -1.85. The highest BCUT2D eigenvalue weighted by Crippen LogP contribution is 2.66. The minimum Gasteiger partial charge on any atom is -0.373 e. The zero-order chi connectivity index (χ0) is 36.8. The van der Waals surface area contributed by atoms with Crippen LogP contribution in [-0.2, 0) is 14.2 Å². The highest BCUT2D eigenvalue weighted by atomic mass is 19.4. The molecule has 3 aliphatic heterocycles. The number of hydrogen-bond acceptors (Lipinski definition) is 3. The Morgan fingerprint density at radius 3 is 0.957 bits per heavy atom. The molecule has 3 fully saturated rings. The molecular weight excluding hydrogens is 711 g/mol. The van der Waals surface area contributed by atoms with Crippen LogP contribution < -0.4 is 0 Å². The molecule has 0 radical (unpaired) electrons. The van der Waals surface area contributed by atoms with Gasteiger partial charge in [0.2, 0.25) is 0 Å². The van der Waals surface area contributed by atoms with E-state index in [0.717, 1.165) is 19.6 Å². The van der Waals surface area contributed by atoms with Crippen molar-refractivity contribution in [2.75, 3.05) is 19.8 Å². The predicted molar refractivity (Wildman–Crippen MR) is 110 cm³/mol. The van der Waals surface area contributed by atoms with Gasteiger partial charge in [0, 0.05) is 6.42 Å². The van der Waals surface area contributed by atoms with E-state index in [2.05, 4.69) is 18.2 Å². The summed E-state index contributed by atoms with van der Waals surface area (Å²) in [5, 5.41) is 0. The predicted octanol–water partition coefficient (Wildman–Crippen LogP) is 8.81. The molecule has 0 aromatic rings. The lowest BCUT2D eigenvalue weighted by atomic mass is 9.85. The number of rotatable bonds is 13. The standard InChI is InChI=1S/C13H5F21O.C5H8O.C4H8O/c14-4(15,1-3-2-35-3)5(16,17)6(18,19)7(20,21)8(22,23)9(24,25)10(26,27)11(28,29)12(30,31)13(32,33)34;1-2-3-5-4-6-5;1-2-4-3-5-4/h3H,1-2H2;2,5H,1,3-4H2;4H,2-3H2,1H3/t3-;5-;4-/m100/s1. The van der Waals surface area contributed by atoms with Gasteiger partial charge in [0.05, 0.1) is 38.1 Å². The summed E-state index contributed by atoms with van der Waals surface area (Å²) < 4.78 is 288. The van der Waals surface area contributed by atoms with Crippen molar-refractivity contribution < 1.29 is 106 Å². The molecule has 0 aromatic carbocycles. The highest BCUT2D eigenvalue weighted by Gasteiger charge is 2.97. The van der Waals surface area contributed by atoms with Crippen LogP contribution >= 0.6 is 0 Å². The van der Waals surface area contributed by atoms with E-state index in [1.807, 2.05) is 6.08 Å². The maximum absolute atomic E-state index is 13.5. The topological polar surface area (TPSA) is 37.6 Å². The molecule has 0 aliphatic carbocycles. The monoisotopic (exact) mass is 732 g/mol. The Balaban J connectivity index is 0.000000794. The van der Waals surface area contributed by atoms with Gasteiger partial charge in [0.25, 0.3) is 0 Å². The van der Waals surface area contributed by atoms with Crippen molar-refractivity contribution in [3.05, 3.63) is 12.7 Å². The van der Waals surface area contributed by atoms with E-state index >= 15 is 0 Å². The fourth-order valence-corrected chi connectivity index (χ4v) is 2.88. The minimum absolute atomic E-state index is 0.530. The van der Waals surface area contributed by atoms with Gasteiger partial charge < -0.3 is 14.2 Å². The number of halogens is 21. The first-order valence-electron chi connectivity index (χ1n) is 12.1. The zero-order valence-electron chi connectivity index (χ0n) is 22.4. The van der Waals surface area contributed by atoms with Gasteiger partial charge in [-0.2, -0.15) is 92.2 Å². The average molecular weight is 732 g/mol. The third-order valence-electron chi connectivity index (χ3n) is 6.15. The van der Waals surface area contributed by atoms with Crippen LogP contribution in [0.25, 0.3) is 0 Å². The van der Waals surface area contributed by atoms with Gasteiger partial charge in [-0.3, -0.25) is 0 Å². The van der Waals surface area contributed by atoms with Gasteiger partial charge in [-0.05, 0) is 12.8 Å². The summed E-state index contributed by atoms with van der Waals surface area (Å²) in [6.45, 7) is 6.74. The molecule has 0 bridgehead atoms. The summed E-state index contributed by atoms with van der Waals surface area (Å²) in [6, 6.07) is 0. The molecule has 3 heterocycles. The first kappa shape index (κ1) is 42.2. The van der Waals surface area contributed by atoms with E-state index in [1.165, 1.54) is 6.42 Å². The van der Waals surface area contributed by atoms with Crippen LogP contribution in [0, 0.1) is 0 Å². The molecule has 3 nitrogen and oxygen atoms in total. The lowest BCUT2D eigenvalue weighted by Crippen LogP contribution is -2.76. The molecule has 3 atom stereocenters. The maximum atomic E-state index is 13.5. The smallest absolute Gasteiger partial charge is 0.373 e. The highest BCUT2D eigenvalue weighted by molar-refractivity contribution is 5.18. The lowest BCUT2D eigenvalue weighted by Gasteiger charge is -2.44. The van der Waals surface area contributed by atoms with Gasteiger partial charge in [-0.25, -0.2) is 0 Å². The second-order valence-electron chi connectivity index (χ2n) is 9.80. The van der Waals surface area contributed by atoms with Crippen molar-refractivity contribution in [2.45, 2.75) is 104 Å². The summed E-state index contributed by atoms with van der Waals surface area (Å²) in [7, 11) is 0. The molecule has 0 unspecified atom stereocenters. The molecule has 3 saturated heterocycles. The maximum Gasteiger partial charge on any atom is 0.460 e. The van der Waals surface area contributed by atoms with Crippen LogP contribution in [0.1, 0.15) is 26.2 Å². The first-order chi connectivity index (χ1) is 20.2. The lowest BCUT2D eigenvalue weighted by molar-refractivity contribution is -0.474. The fraction of sp³-hybridized carbons (Fsp3) is 0.909. The van der Waals surface area contributed by atoms with Crippen LogP contribution in [-0.4, -0.2) is 97.6 Å². The van der Waals surface area contributed by atoms with E-state index < -0.39 is 78.6 Å². The Morgan fingerprint density at radius 2 is 0.761 bits per heavy atom. The third kappa shape index (κ3) is 7.41. The van der Waals surface area contributed by atoms with Crippen molar-refractivity contribution in [3.63, 3.8) is 0 Å². The minimum atomic E-state index is -9.14. The molecule has 0 N–H and O–H groups in total. The van der Waals surface area contributed by atoms with Crippen molar-refractivity contribution >= 4 is 0 Å². The summed E-state index contributed by atoms with van der Waals surface area (Å²) in [6.07, 6.45) is -7.50. The summed E-state index contributed by atoms with van der Waals surface area (Å²) in [5.41, 5.74) is 0. The normalized spacial score (nSPS) is 23.0. The molecule has 0 amide bonds. The Labute approximate surface area is 244 Å². The van der Waals surface area contributed by atoms with E-state index in [4.69, 9.17) is 9.47 Å². The number of alkyl halides is 21. The van der Waals surface area contributed by atoms with Gasteiger partial charge in [-0.1, -0.05) is 13.0 Å². The fourth-order valence-electron chi connectivity index (χ4n) is 2.88. The average Bonchev–Trinajstić information content (AvgIpc) is 3.71. The summed E-state index contributed by atoms with van der Waals surface area (Å²) in [5.74, 6) is -76.5. The number of epoxide rings is 3. The molecule has 0 aromatic heterocycles. The second-order valence-corrected chi connectivity index (χ2v) is 9.80. The largest absolute Gasteiger partial charge is 0.460 e. The molecule has 0 saturated carbocycles. The Bertz CT molecular complexity index is 1030. The van der Waals surface area contributed by atoms with Gasteiger partial charge in [0.1, 0.15) is 0 Å². The van der Waals surface area contributed by atoms with Crippen molar-refractivity contribution in [1.82, 2.24) is 0 Å². The molecule has 46 heavy (non-hydrogen) atoms. The number of ether oxygens (including phenoxy) is 3. The van der Waals surface area contributed by atoms with Crippen LogP contribution in [0.5, 0.6) is 0 Å². The van der Waals surface area contributed by atoms with E-state index in [-0.39, 0.29) is 0 Å². The van der Waals surface area contributed by atoms with Gasteiger partial charge in [0.15, 0.2) is 0 Å². The Morgan fingerprint density at radius 1 is 0.478 bits per heavy atom. The quantitative estimate of drug-likeness (QED) is 0.108. The van der Waals surface area contributed by atoms with Crippen LogP contribution in [0.4, 0.5) is 92.2 Å². The van der Waals surface area contributed by atoms with E-state index in [1.54, 1.807) is 0 Å².